The van der Waals surface area contributed by atoms with Crippen molar-refractivity contribution in [2.75, 3.05) is 51.9 Å². The third-order valence-corrected chi connectivity index (χ3v) is 6.13. The number of anilines is 2. The molecule has 0 radical (unpaired) electrons. The molecule has 2 atom stereocenters. The number of hydrogen-bond donors (Lipinski definition) is 1. The van der Waals surface area contributed by atoms with E-state index in [0.717, 1.165) is 48.2 Å². The van der Waals surface area contributed by atoms with E-state index in [1.165, 1.54) is 6.33 Å². The first kappa shape index (κ1) is 22.4. The molecule has 0 aliphatic carbocycles. The summed E-state index contributed by atoms with van der Waals surface area (Å²) in [4.78, 5) is 11.2. The van der Waals surface area contributed by atoms with Gasteiger partial charge in [0.05, 0.1) is 44.7 Å². The average Bonchev–Trinajstić information content (AvgIpc) is 3.29. The number of ether oxygens (including phenoxy) is 4. The number of nitrogens with zero attached hydrogens (tertiary/aromatic N) is 3. The highest BCUT2D eigenvalue weighted by Crippen LogP contribution is 2.35. The highest BCUT2D eigenvalue weighted by atomic mass is 16.6. The largest absolute Gasteiger partial charge is 0.493 e. The Morgan fingerprint density at radius 3 is 2.71 bits per heavy atom. The Balaban J connectivity index is 1.27. The van der Waals surface area contributed by atoms with Crippen LogP contribution in [0.25, 0.3) is 10.9 Å². The average molecular weight is 461 g/mol. The number of terminal acetylenes is 1. The number of aromatic nitrogens is 2. The number of benzene rings is 2. The van der Waals surface area contributed by atoms with Crippen molar-refractivity contribution < 1.29 is 18.9 Å². The van der Waals surface area contributed by atoms with Gasteiger partial charge in [-0.3, -0.25) is 4.90 Å². The lowest BCUT2D eigenvalue weighted by atomic mass is 10.2. The lowest BCUT2D eigenvalue weighted by Gasteiger charge is -2.24. The van der Waals surface area contributed by atoms with Gasteiger partial charge >= 0.3 is 0 Å². The van der Waals surface area contributed by atoms with Crippen LogP contribution in [-0.4, -0.2) is 73.6 Å². The van der Waals surface area contributed by atoms with Gasteiger partial charge in [-0.2, -0.15) is 0 Å². The summed E-state index contributed by atoms with van der Waals surface area (Å²) in [7, 11) is 1.63. The number of fused-ring (bicyclic) bond motifs is 2. The molecule has 176 valence electrons. The maximum Gasteiger partial charge on any atom is 0.162 e. The Hall–Kier alpha value is -3.38. The molecule has 0 amide bonds. The van der Waals surface area contributed by atoms with Crippen molar-refractivity contribution in [3.8, 4) is 23.8 Å². The predicted octanol–water partition coefficient (Wildman–Crippen LogP) is 3.23. The zero-order valence-electron chi connectivity index (χ0n) is 19.2. The predicted molar refractivity (Wildman–Crippen MR) is 130 cm³/mol. The number of likely N-dealkylation sites (tertiary alicyclic amines) is 1. The second-order valence-electron chi connectivity index (χ2n) is 8.37. The van der Waals surface area contributed by atoms with Crippen LogP contribution in [0, 0.1) is 12.3 Å². The van der Waals surface area contributed by atoms with Crippen LogP contribution in [-0.2, 0) is 9.47 Å². The molecule has 1 N–H and O–H groups in total. The van der Waals surface area contributed by atoms with Crippen molar-refractivity contribution in [1.82, 2.24) is 14.9 Å². The van der Waals surface area contributed by atoms with Gasteiger partial charge in [-0.05, 0) is 30.7 Å². The Labute approximate surface area is 199 Å². The zero-order chi connectivity index (χ0) is 23.3. The lowest BCUT2D eigenvalue weighted by Crippen LogP contribution is -2.36. The maximum atomic E-state index is 6.13. The Morgan fingerprint density at radius 2 is 1.94 bits per heavy atom. The number of rotatable bonds is 8. The molecule has 3 aromatic rings. The van der Waals surface area contributed by atoms with Gasteiger partial charge in [-0.1, -0.05) is 12.0 Å². The minimum Gasteiger partial charge on any atom is -0.493 e. The fourth-order valence-corrected chi connectivity index (χ4v) is 4.45. The van der Waals surface area contributed by atoms with Crippen LogP contribution in [0.15, 0.2) is 42.7 Å². The van der Waals surface area contributed by atoms with E-state index in [0.29, 0.717) is 37.1 Å². The standard InChI is InChI=1S/C26H28N4O4/c1-3-18-6-4-7-19(12-18)29-26-20-13-23(22(31-2)14-21(20)27-17-28-26)32-9-5-8-30-15-24-25(16-30)34-11-10-33-24/h1,4,6-7,12-14,17,24-25H,5,8-11,15-16H2,2H3,(H,27,28,29). The lowest BCUT2D eigenvalue weighted by molar-refractivity contribution is -0.116. The van der Waals surface area contributed by atoms with Crippen molar-refractivity contribution in [2.24, 2.45) is 0 Å². The summed E-state index contributed by atoms with van der Waals surface area (Å²) in [5.74, 6) is 4.62. The molecule has 2 aliphatic rings. The van der Waals surface area contributed by atoms with Crippen LogP contribution in [0.1, 0.15) is 12.0 Å². The molecule has 0 spiro atoms. The molecule has 0 saturated carbocycles. The summed E-state index contributed by atoms with van der Waals surface area (Å²) in [5.41, 5.74) is 2.41. The summed E-state index contributed by atoms with van der Waals surface area (Å²) in [6.07, 6.45) is 8.34. The first-order valence-corrected chi connectivity index (χ1v) is 11.5. The van der Waals surface area contributed by atoms with Gasteiger partial charge in [-0.15, -0.1) is 6.42 Å². The highest BCUT2D eigenvalue weighted by Gasteiger charge is 2.36. The SMILES string of the molecule is C#Cc1cccc(Nc2ncnc3cc(OC)c(OCCCN4CC5OCCOC5C4)cc23)c1. The highest BCUT2D eigenvalue weighted by molar-refractivity contribution is 5.93. The smallest absolute Gasteiger partial charge is 0.162 e. The summed E-state index contributed by atoms with van der Waals surface area (Å²) in [5, 5.41) is 4.18. The molecule has 3 heterocycles. The van der Waals surface area contributed by atoms with E-state index in [4.69, 9.17) is 25.4 Å². The van der Waals surface area contributed by atoms with E-state index in [1.54, 1.807) is 7.11 Å². The van der Waals surface area contributed by atoms with Gasteiger partial charge in [0, 0.05) is 42.3 Å². The van der Waals surface area contributed by atoms with Crippen LogP contribution in [0.3, 0.4) is 0 Å². The fraction of sp³-hybridized carbons (Fsp3) is 0.385. The van der Waals surface area contributed by atoms with Gasteiger partial charge < -0.3 is 24.3 Å². The van der Waals surface area contributed by atoms with Crippen molar-refractivity contribution in [3.05, 3.63) is 48.3 Å². The fourth-order valence-electron chi connectivity index (χ4n) is 4.45. The Bertz CT molecular complexity index is 1180. The molecule has 2 fully saturated rings. The van der Waals surface area contributed by atoms with Crippen molar-refractivity contribution in [3.63, 3.8) is 0 Å². The molecule has 2 aliphatic heterocycles. The molecule has 0 bridgehead atoms. The topological polar surface area (TPSA) is 78.0 Å². The molecular formula is C26H28N4O4. The van der Waals surface area contributed by atoms with Crippen molar-refractivity contribution in [2.45, 2.75) is 18.6 Å². The quantitative estimate of drug-likeness (QED) is 0.406. The number of nitrogens with one attached hydrogen (secondary N) is 1. The summed E-state index contributed by atoms with van der Waals surface area (Å²) < 4.78 is 23.3. The van der Waals surface area contributed by atoms with Crippen LogP contribution in [0.4, 0.5) is 11.5 Å². The van der Waals surface area contributed by atoms with E-state index in [2.05, 4.69) is 26.1 Å². The normalized spacial score (nSPS) is 20.0. The first-order valence-electron chi connectivity index (χ1n) is 11.5. The Kier molecular flexibility index (Phi) is 6.77. The summed E-state index contributed by atoms with van der Waals surface area (Å²) in [6.45, 7) is 4.70. The molecule has 1 aromatic heterocycles. The molecule has 5 rings (SSSR count). The maximum absolute atomic E-state index is 6.13. The van der Waals surface area contributed by atoms with Crippen LogP contribution >= 0.6 is 0 Å². The molecule has 34 heavy (non-hydrogen) atoms. The van der Waals surface area contributed by atoms with Crippen LogP contribution in [0.5, 0.6) is 11.5 Å². The number of hydrogen-bond acceptors (Lipinski definition) is 8. The molecule has 2 saturated heterocycles. The van der Waals surface area contributed by atoms with Crippen molar-refractivity contribution >= 4 is 22.4 Å². The second-order valence-corrected chi connectivity index (χ2v) is 8.37. The van der Waals surface area contributed by atoms with Crippen molar-refractivity contribution in [1.29, 1.82) is 0 Å². The van der Waals surface area contributed by atoms with E-state index >= 15 is 0 Å². The van der Waals surface area contributed by atoms with Gasteiger partial charge in [0.25, 0.3) is 0 Å². The molecule has 8 nitrogen and oxygen atoms in total. The summed E-state index contributed by atoms with van der Waals surface area (Å²) in [6, 6.07) is 11.4. The van der Waals surface area contributed by atoms with Gasteiger partial charge in [0.15, 0.2) is 11.5 Å². The van der Waals surface area contributed by atoms with Gasteiger partial charge in [0.2, 0.25) is 0 Å². The van der Waals surface area contributed by atoms with E-state index in [1.807, 2.05) is 36.4 Å². The minimum absolute atomic E-state index is 0.197. The third kappa shape index (κ3) is 4.92. The monoisotopic (exact) mass is 460 g/mol. The van der Waals surface area contributed by atoms with Crippen LogP contribution in [0.2, 0.25) is 0 Å². The minimum atomic E-state index is 0.197. The van der Waals surface area contributed by atoms with Gasteiger partial charge in [0.1, 0.15) is 12.1 Å². The third-order valence-electron chi connectivity index (χ3n) is 6.13. The second kappa shape index (κ2) is 10.3. The van der Waals surface area contributed by atoms with E-state index in [9.17, 15) is 0 Å². The summed E-state index contributed by atoms with van der Waals surface area (Å²) >= 11 is 0. The van der Waals surface area contributed by atoms with Crippen LogP contribution < -0.4 is 14.8 Å². The van der Waals surface area contributed by atoms with E-state index in [-0.39, 0.29) is 12.2 Å². The molecular weight excluding hydrogens is 432 g/mol. The number of methoxy groups -OCH3 is 1. The van der Waals surface area contributed by atoms with E-state index < -0.39 is 0 Å². The molecule has 2 unspecified atom stereocenters. The van der Waals surface area contributed by atoms with Gasteiger partial charge in [-0.25, -0.2) is 9.97 Å². The Morgan fingerprint density at radius 1 is 1.12 bits per heavy atom. The zero-order valence-corrected chi connectivity index (χ0v) is 19.2. The molecule has 8 heteroatoms. The molecule has 2 aromatic carbocycles. The first-order chi connectivity index (χ1) is 16.7.